The number of aromatic nitrogens is 2. The molecule has 9 heteroatoms. The summed E-state index contributed by atoms with van der Waals surface area (Å²) in [5.74, 6) is 0.0899. The van der Waals surface area contributed by atoms with Crippen LogP contribution in [0.4, 0.5) is 10.6 Å². The number of thiocarbonyl (C=S) groups is 1. The summed E-state index contributed by atoms with van der Waals surface area (Å²) in [6, 6.07) is 17.0. The van der Waals surface area contributed by atoms with Gasteiger partial charge in [0, 0.05) is 7.05 Å². The van der Waals surface area contributed by atoms with Crippen molar-refractivity contribution in [1.82, 2.24) is 14.5 Å². The zero-order valence-corrected chi connectivity index (χ0v) is 15.6. The minimum atomic E-state index is -1.41. The Hall–Kier alpha value is -3.72. The van der Waals surface area contributed by atoms with E-state index in [0.29, 0.717) is 11.4 Å². The zero-order valence-electron chi connectivity index (χ0n) is 14.7. The van der Waals surface area contributed by atoms with Crippen molar-refractivity contribution in [1.29, 1.82) is 0 Å². The van der Waals surface area contributed by atoms with Gasteiger partial charge in [0.15, 0.2) is 0 Å². The third-order valence-corrected chi connectivity index (χ3v) is 4.28. The van der Waals surface area contributed by atoms with Crippen LogP contribution < -0.4 is 21.9 Å². The predicted octanol–water partition coefficient (Wildman–Crippen LogP) is 1.97. The Labute approximate surface area is 164 Å². The van der Waals surface area contributed by atoms with Crippen molar-refractivity contribution in [3.63, 3.8) is 0 Å². The number of hydrogen-bond acceptors (Lipinski definition) is 5. The molecule has 0 unspecified atom stereocenters. The number of carbonyl (C=O) groups is 1. The number of carboxylic acid groups (broad SMARTS) is 1. The van der Waals surface area contributed by atoms with Gasteiger partial charge in [0.2, 0.25) is 0 Å². The molecule has 28 heavy (non-hydrogen) atoms. The molecule has 0 atom stereocenters. The van der Waals surface area contributed by atoms with Gasteiger partial charge in [-0.1, -0.05) is 48.6 Å². The number of hydrogen-bond donors (Lipinski definition) is 3. The van der Waals surface area contributed by atoms with E-state index < -0.39 is 17.3 Å². The number of rotatable bonds is 4. The average molecular weight is 396 g/mol. The number of nitrogens with one attached hydrogen (secondary N) is 2. The lowest BCUT2D eigenvalue weighted by Gasteiger charge is -2.19. The minimum absolute atomic E-state index is 0.0899. The van der Waals surface area contributed by atoms with Gasteiger partial charge in [-0.15, -0.1) is 0 Å². The van der Waals surface area contributed by atoms with Crippen molar-refractivity contribution in [3.8, 4) is 11.4 Å². The van der Waals surface area contributed by atoms with Crippen molar-refractivity contribution in [2.45, 2.75) is 0 Å². The molecule has 2 aromatic carbocycles. The molecule has 0 aliphatic rings. The fourth-order valence-corrected chi connectivity index (χ4v) is 3.10. The van der Waals surface area contributed by atoms with E-state index in [-0.39, 0.29) is 16.4 Å². The lowest BCUT2D eigenvalue weighted by Crippen LogP contribution is -2.44. The molecular weight excluding hydrogens is 380 g/mol. The molecule has 1 amide bonds. The molecule has 0 aliphatic heterocycles. The first-order chi connectivity index (χ1) is 13.5. The molecule has 0 fully saturated rings. The van der Waals surface area contributed by atoms with E-state index in [1.54, 1.807) is 60.7 Å². The van der Waals surface area contributed by atoms with E-state index in [9.17, 15) is 14.4 Å². The van der Waals surface area contributed by atoms with Crippen LogP contribution in [0.1, 0.15) is 5.56 Å². The summed E-state index contributed by atoms with van der Waals surface area (Å²) in [6.07, 6.45) is -1.41. The Morgan fingerprint density at radius 1 is 0.929 bits per heavy atom. The van der Waals surface area contributed by atoms with E-state index in [1.807, 2.05) is 5.32 Å². The van der Waals surface area contributed by atoms with Crippen molar-refractivity contribution in [2.24, 2.45) is 0 Å². The molecule has 142 valence electrons. The van der Waals surface area contributed by atoms with Gasteiger partial charge in [0.1, 0.15) is 16.4 Å². The Bertz CT molecular complexity index is 1150. The molecule has 8 nitrogen and oxygen atoms in total. The van der Waals surface area contributed by atoms with Crippen molar-refractivity contribution in [2.75, 3.05) is 12.4 Å². The molecule has 0 aliphatic carbocycles. The fraction of sp³-hybridized carbons (Fsp3) is 0.0526. The maximum Gasteiger partial charge on any atom is 0.409 e. The molecule has 1 heterocycles. The predicted molar refractivity (Wildman–Crippen MR) is 110 cm³/mol. The summed E-state index contributed by atoms with van der Waals surface area (Å²) in [5, 5.41) is 13.9. The van der Waals surface area contributed by atoms with Crippen LogP contribution in [0.15, 0.2) is 70.3 Å². The summed E-state index contributed by atoms with van der Waals surface area (Å²) in [4.78, 5) is 37.2. The molecule has 3 N–H and O–H groups in total. The summed E-state index contributed by atoms with van der Waals surface area (Å²) in [7, 11) is 1.52. The maximum atomic E-state index is 13.3. The summed E-state index contributed by atoms with van der Waals surface area (Å²) in [6.45, 7) is 0. The van der Waals surface area contributed by atoms with E-state index in [0.717, 1.165) is 4.57 Å². The smallest absolute Gasteiger partial charge is 0.409 e. The van der Waals surface area contributed by atoms with Crippen LogP contribution >= 0.6 is 12.2 Å². The summed E-state index contributed by atoms with van der Waals surface area (Å²) >= 11 is 5.14. The third kappa shape index (κ3) is 3.42. The standard InChI is InChI=1S/C19H16N4O4S/c1-20-15-14(16(28)21-18(25)26)17(24)23(13-10-6-3-7-11-13)19(27)22(15)12-8-4-2-5-9-12/h2-11,20H,1H3,(H,21,28)(H,25,26). The van der Waals surface area contributed by atoms with Crippen LogP contribution in [0, 0.1) is 0 Å². The number of anilines is 1. The highest BCUT2D eigenvalue weighted by Crippen LogP contribution is 2.17. The van der Waals surface area contributed by atoms with Crippen LogP contribution in [0.2, 0.25) is 0 Å². The highest BCUT2D eigenvalue weighted by molar-refractivity contribution is 7.80. The minimum Gasteiger partial charge on any atom is -0.465 e. The second kappa shape index (κ2) is 7.89. The lowest BCUT2D eigenvalue weighted by atomic mass is 10.2. The third-order valence-electron chi connectivity index (χ3n) is 3.97. The van der Waals surface area contributed by atoms with Crippen LogP contribution in [0.3, 0.4) is 0 Å². The largest absolute Gasteiger partial charge is 0.465 e. The summed E-state index contributed by atoms with van der Waals surface area (Å²) in [5.41, 5.74) is -0.655. The van der Waals surface area contributed by atoms with Gasteiger partial charge in [-0.25, -0.2) is 18.7 Å². The van der Waals surface area contributed by atoms with E-state index in [2.05, 4.69) is 5.32 Å². The van der Waals surface area contributed by atoms with Gasteiger partial charge in [-0.05, 0) is 24.3 Å². The zero-order chi connectivity index (χ0) is 20.3. The number of benzene rings is 2. The number of nitrogens with zero attached hydrogens (tertiary/aromatic N) is 2. The monoisotopic (exact) mass is 396 g/mol. The van der Waals surface area contributed by atoms with Crippen molar-refractivity contribution in [3.05, 3.63) is 87.1 Å². The highest BCUT2D eigenvalue weighted by atomic mass is 32.1. The topological polar surface area (TPSA) is 105 Å². The molecule has 0 saturated carbocycles. The second-order valence-electron chi connectivity index (χ2n) is 5.66. The molecule has 3 rings (SSSR count). The van der Waals surface area contributed by atoms with Gasteiger partial charge >= 0.3 is 11.8 Å². The Kier molecular flexibility index (Phi) is 5.37. The Morgan fingerprint density at radius 2 is 1.43 bits per heavy atom. The second-order valence-corrected chi connectivity index (χ2v) is 6.07. The molecule has 0 spiro atoms. The van der Waals surface area contributed by atoms with Gasteiger partial charge in [0.25, 0.3) is 5.56 Å². The van der Waals surface area contributed by atoms with Crippen LogP contribution in [-0.2, 0) is 0 Å². The van der Waals surface area contributed by atoms with Crippen molar-refractivity contribution < 1.29 is 9.90 Å². The van der Waals surface area contributed by atoms with Crippen LogP contribution in [0.25, 0.3) is 11.4 Å². The summed E-state index contributed by atoms with van der Waals surface area (Å²) < 4.78 is 2.23. The van der Waals surface area contributed by atoms with Gasteiger partial charge in [0.05, 0.1) is 11.4 Å². The first-order valence-electron chi connectivity index (χ1n) is 8.20. The molecule has 0 radical (unpaired) electrons. The van der Waals surface area contributed by atoms with E-state index in [4.69, 9.17) is 17.3 Å². The maximum absolute atomic E-state index is 13.3. The van der Waals surface area contributed by atoms with Gasteiger partial charge < -0.3 is 10.4 Å². The highest BCUT2D eigenvalue weighted by Gasteiger charge is 2.24. The molecule has 1 aromatic heterocycles. The number of para-hydroxylation sites is 2. The van der Waals surface area contributed by atoms with Gasteiger partial charge in [-0.3, -0.25) is 10.1 Å². The normalized spacial score (nSPS) is 10.3. The molecule has 0 bridgehead atoms. The van der Waals surface area contributed by atoms with Gasteiger partial charge in [-0.2, -0.15) is 0 Å². The fourth-order valence-electron chi connectivity index (χ4n) is 2.83. The number of amides is 1. The lowest BCUT2D eigenvalue weighted by molar-refractivity contribution is 0.200. The molecule has 0 saturated heterocycles. The van der Waals surface area contributed by atoms with E-state index in [1.165, 1.54) is 11.6 Å². The molecular formula is C19H16N4O4S. The Morgan fingerprint density at radius 3 is 1.89 bits per heavy atom. The van der Waals surface area contributed by atoms with E-state index >= 15 is 0 Å². The quantitative estimate of drug-likeness (QED) is 0.583. The first kappa shape index (κ1) is 19.1. The Balaban J connectivity index is 2.46. The van der Waals surface area contributed by atoms with Crippen LogP contribution in [-0.4, -0.2) is 32.4 Å². The first-order valence-corrected chi connectivity index (χ1v) is 8.61. The van der Waals surface area contributed by atoms with Crippen molar-refractivity contribution >= 4 is 29.1 Å². The SMILES string of the molecule is CNc1c(C(=S)NC(=O)O)c(=O)n(-c2ccccc2)c(=O)n1-c1ccccc1. The molecule has 3 aromatic rings. The van der Waals surface area contributed by atoms with Crippen LogP contribution in [0.5, 0.6) is 0 Å². The average Bonchev–Trinajstić information content (AvgIpc) is 2.68.